The summed E-state index contributed by atoms with van der Waals surface area (Å²) in [6.45, 7) is 3.48. The second-order valence-electron chi connectivity index (χ2n) is 5.29. The van der Waals surface area contributed by atoms with Gasteiger partial charge in [-0.3, -0.25) is 0 Å². The van der Waals surface area contributed by atoms with Gasteiger partial charge in [0.1, 0.15) is 0 Å². The molecule has 0 aromatic heterocycles. The van der Waals surface area contributed by atoms with Crippen LogP contribution in [0.5, 0.6) is 0 Å². The largest absolute Gasteiger partial charge is 0.504 e. The van der Waals surface area contributed by atoms with Crippen molar-refractivity contribution >= 4 is 28.9 Å². The van der Waals surface area contributed by atoms with Gasteiger partial charge in [-0.1, -0.05) is 6.92 Å². The summed E-state index contributed by atoms with van der Waals surface area (Å²) in [7, 11) is -5.62. The van der Waals surface area contributed by atoms with Crippen molar-refractivity contribution in [1.82, 2.24) is 9.03 Å². The molecule has 0 aromatic carbocycles. The van der Waals surface area contributed by atoms with E-state index in [9.17, 15) is 16.8 Å². The monoisotopic (exact) mass is 392 g/mol. The first-order valence-electron chi connectivity index (χ1n) is 6.91. The molecule has 0 radical (unpaired) electrons. The van der Waals surface area contributed by atoms with Crippen LogP contribution in [-0.2, 0) is 33.3 Å². The minimum atomic E-state index is -3.56. The van der Waals surface area contributed by atoms with Crippen molar-refractivity contribution in [3.05, 3.63) is 0 Å². The van der Waals surface area contributed by atoms with Crippen LogP contribution < -0.4 is 4.72 Å². The fraction of sp³-hybridized carbons (Fsp3) is 1.00. The highest BCUT2D eigenvalue weighted by atomic mass is 32.2. The lowest BCUT2D eigenvalue weighted by atomic mass is 10.2. The molecule has 140 valence electrons. The molecule has 9 nitrogen and oxygen atoms in total. The van der Waals surface area contributed by atoms with E-state index >= 15 is 0 Å². The van der Waals surface area contributed by atoms with E-state index in [1.807, 2.05) is 0 Å². The van der Waals surface area contributed by atoms with Crippen molar-refractivity contribution in [1.29, 1.82) is 0 Å². The summed E-state index contributed by atoms with van der Waals surface area (Å²) in [5.41, 5.74) is -0.351. The highest BCUT2D eigenvalue weighted by molar-refractivity contribution is 7.88. The Labute approximate surface area is 140 Å². The Morgan fingerprint density at radius 2 is 1.43 bits per heavy atom. The summed E-state index contributed by atoms with van der Waals surface area (Å²) in [5, 5.41) is 0. The zero-order valence-corrected chi connectivity index (χ0v) is 17.3. The van der Waals surface area contributed by atoms with E-state index in [0.717, 1.165) is 12.5 Å². The van der Waals surface area contributed by atoms with Crippen LogP contribution in [0.1, 0.15) is 13.8 Å². The van der Waals surface area contributed by atoms with Crippen LogP contribution in [-0.4, -0.2) is 82.9 Å². The zero-order valence-electron chi connectivity index (χ0n) is 14.7. The van der Waals surface area contributed by atoms with Gasteiger partial charge in [0, 0.05) is 46.0 Å². The van der Waals surface area contributed by atoms with Crippen LogP contribution in [0.3, 0.4) is 0 Å². The Morgan fingerprint density at radius 1 is 1.00 bits per heavy atom. The maximum absolute atomic E-state index is 12.1. The molecular weight excluding hydrogens is 364 g/mol. The number of rotatable bonds is 11. The van der Waals surface area contributed by atoms with Gasteiger partial charge in [-0.15, -0.1) is 0 Å². The first-order chi connectivity index (χ1) is 10.3. The van der Waals surface area contributed by atoms with Gasteiger partial charge in [0.15, 0.2) is 0 Å². The van der Waals surface area contributed by atoms with Crippen LogP contribution in [0.4, 0.5) is 0 Å². The number of nitrogens with one attached hydrogen (secondary N) is 1. The lowest BCUT2D eigenvalue weighted by Gasteiger charge is -2.38. The van der Waals surface area contributed by atoms with Gasteiger partial charge < -0.3 is 13.3 Å². The predicted molar refractivity (Wildman–Crippen MR) is 90.1 cm³/mol. The third-order valence-corrected chi connectivity index (χ3v) is 9.11. The van der Waals surface area contributed by atoms with Crippen molar-refractivity contribution in [2.45, 2.75) is 25.4 Å². The van der Waals surface area contributed by atoms with Crippen LogP contribution in [0.25, 0.3) is 0 Å². The fourth-order valence-corrected chi connectivity index (χ4v) is 6.53. The number of nitrogens with zero attached hydrogens (tertiary/aromatic N) is 1. The normalized spacial score (nSPS) is 16.5. The average Bonchev–Trinajstić information content (AvgIpc) is 2.43. The lowest BCUT2D eigenvalue weighted by molar-refractivity contribution is 0.102. The van der Waals surface area contributed by atoms with Crippen molar-refractivity contribution in [2.75, 3.05) is 46.9 Å². The molecule has 0 aliphatic carbocycles. The SMILES string of the molecule is CO[Si](OC)(OC)C(C)C(C)N(CCNS(C)(=O)=O)S(C)(=O)=O. The molecule has 0 saturated carbocycles. The van der Waals surface area contributed by atoms with E-state index in [1.165, 1.54) is 25.6 Å². The standard InChI is InChI=1S/C11H28N2O7S2Si/c1-10(11(2)23(18-3,19-4)20-5)13(22(7,16)17)9-8-12-21(6,14)15/h10-12H,8-9H2,1-7H3. The molecule has 0 amide bonds. The molecule has 2 atom stereocenters. The highest BCUT2D eigenvalue weighted by Crippen LogP contribution is 2.30. The maximum atomic E-state index is 12.1. The third-order valence-electron chi connectivity index (χ3n) is 3.71. The number of hydrogen-bond acceptors (Lipinski definition) is 7. The molecule has 0 saturated heterocycles. The van der Waals surface area contributed by atoms with Gasteiger partial charge in [-0.2, -0.15) is 4.31 Å². The van der Waals surface area contributed by atoms with Gasteiger partial charge >= 0.3 is 8.80 Å². The molecule has 2 unspecified atom stereocenters. The molecule has 0 rings (SSSR count). The summed E-state index contributed by atoms with van der Waals surface area (Å²) in [4.78, 5) is 0. The number of hydrogen-bond donors (Lipinski definition) is 1. The smallest absolute Gasteiger partial charge is 0.377 e. The quantitative estimate of drug-likeness (QED) is 0.470. The van der Waals surface area contributed by atoms with Crippen molar-refractivity contribution in [3.8, 4) is 0 Å². The molecule has 0 heterocycles. The minimum Gasteiger partial charge on any atom is -0.377 e. The molecule has 12 heteroatoms. The minimum absolute atomic E-state index is 0.000959. The summed E-state index contributed by atoms with van der Waals surface area (Å²) in [5.74, 6) is 0. The molecule has 0 bridgehead atoms. The first kappa shape index (κ1) is 22.9. The Balaban J connectivity index is 5.33. The predicted octanol–water partition coefficient (Wildman–Crippen LogP) is -0.546. The van der Waals surface area contributed by atoms with Crippen molar-refractivity contribution < 1.29 is 30.1 Å². The molecule has 1 N–H and O–H groups in total. The number of sulfonamides is 2. The van der Waals surface area contributed by atoms with Gasteiger partial charge in [0.2, 0.25) is 20.0 Å². The Kier molecular flexibility index (Phi) is 8.82. The molecule has 0 fully saturated rings. The topological polar surface area (TPSA) is 111 Å². The van der Waals surface area contributed by atoms with E-state index in [2.05, 4.69) is 4.72 Å². The highest BCUT2D eigenvalue weighted by Gasteiger charge is 2.49. The maximum Gasteiger partial charge on any atom is 0.504 e. The molecular formula is C11H28N2O7S2Si. The van der Waals surface area contributed by atoms with E-state index in [0.29, 0.717) is 0 Å². The Morgan fingerprint density at radius 3 is 1.74 bits per heavy atom. The lowest BCUT2D eigenvalue weighted by Crippen LogP contribution is -2.55. The van der Waals surface area contributed by atoms with Crippen LogP contribution in [0.15, 0.2) is 0 Å². The Bertz CT molecular complexity index is 555. The van der Waals surface area contributed by atoms with E-state index in [1.54, 1.807) is 13.8 Å². The van der Waals surface area contributed by atoms with Crippen molar-refractivity contribution in [3.63, 3.8) is 0 Å². The first-order valence-corrected chi connectivity index (χ1v) is 12.5. The van der Waals surface area contributed by atoms with Gasteiger partial charge in [0.05, 0.1) is 12.5 Å². The molecule has 23 heavy (non-hydrogen) atoms. The van der Waals surface area contributed by atoms with Crippen LogP contribution in [0, 0.1) is 0 Å². The average molecular weight is 393 g/mol. The molecule has 0 aliphatic rings. The molecule has 0 spiro atoms. The molecule has 0 aromatic rings. The summed E-state index contributed by atoms with van der Waals surface area (Å²) >= 11 is 0. The van der Waals surface area contributed by atoms with E-state index in [4.69, 9.17) is 13.3 Å². The molecule has 0 aliphatic heterocycles. The van der Waals surface area contributed by atoms with E-state index < -0.39 is 34.9 Å². The summed E-state index contributed by atoms with van der Waals surface area (Å²) in [6.07, 6.45) is 2.09. The third kappa shape index (κ3) is 6.74. The fourth-order valence-electron chi connectivity index (χ4n) is 2.37. The van der Waals surface area contributed by atoms with Gasteiger partial charge in [-0.25, -0.2) is 21.6 Å². The van der Waals surface area contributed by atoms with Gasteiger partial charge in [-0.05, 0) is 6.92 Å². The van der Waals surface area contributed by atoms with Crippen molar-refractivity contribution in [2.24, 2.45) is 0 Å². The van der Waals surface area contributed by atoms with Crippen LogP contribution >= 0.6 is 0 Å². The van der Waals surface area contributed by atoms with Crippen LogP contribution in [0.2, 0.25) is 5.54 Å². The Hall–Kier alpha value is -0.0831. The summed E-state index contributed by atoms with van der Waals surface area (Å²) in [6, 6.07) is -0.502. The second kappa shape index (κ2) is 8.85. The second-order valence-corrected chi connectivity index (χ2v) is 12.4. The zero-order chi connectivity index (χ0) is 18.5. The summed E-state index contributed by atoms with van der Waals surface area (Å²) < 4.78 is 66.1. The van der Waals surface area contributed by atoms with Gasteiger partial charge in [0.25, 0.3) is 0 Å². The van der Waals surface area contributed by atoms with E-state index in [-0.39, 0.29) is 18.6 Å².